The largest absolute Gasteiger partial charge is 0.497 e. The number of imidazole rings is 1. The molecule has 0 saturated heterocycles. The van der Waals surface area contributed by atoms with Crippen LogP contribution in [-0.4, -0.2) is 54.8 Å². The van der Waals surface area contributed by atoms with E-state index in [9.17, 15) is 0 Å². The molecule has 0 saturated carbocycles. The first-order valence-corrected chi connectivity index (χ1v) is 11.5. The van der Waals surface area contributed by atoms with Gasteiger partial charge in [0, 0.05) is 38.9 Å². The first kappa shape index (κ1) is 24.3. The number of rotatable bonds is 10. The van der Waals surface area contributed by atoms with E-state index in [0.717, 1.165) is 52.8 Å². The van der Waals surface area contributed by atoms with Crippen LogP contribution in [0.25, 0.3) is 11.8 Å². The van der Waals surface area contributed by atoms with Gasteiger partial charge in [-0.2, -0.15) is 0 Å². The Kier molecular flexibility index (Phi) is 7.41. The highest BCUT2D eigenvalue weighted by atomic mass is 16.7. The van der Waals surface area contributed by atoms with Gasteiger partial charge in [-0.3, -0.25) is 0 Å². The minimum absolute atomic E-state index is 0.651. The first-order chi connectivity index (χ1) is 17.0. The molecule has 2 aromatic carbocycles. The van der Waals surface area contributed by atoms with Gasteiger partial charge in [-0.05, 0) is 61.4 Å². The van der Waals surface area contributed by atoms with Crippen molar-refractivity contribution in [3.05, 3.63) is 77.9 Å². The molecule has 4 rings (SSSR count). The molecule has 0 aliphatic carbocycles. The highest BCUT2D eigenvalue weighted by Crippen LogP contribution is 2.36. The molecule has 0 fully saturated rings. The van der Waals surface area contributed by atoms with Crippen molar-refractivity contribution in [3.63, 3.8) is 0 Å². The van der Waals surface area contributed by atoms with Gasteiger partial charge in [0.15, 0.2) is 5.84 Å². The van der Waals surface area contributed by atoms with Crippen molar-refractivity contribution in [2.45, 2.75) is 26.0 Å². The molecule has 8 nitrogen and oxygen atoms in total. The molecule has 1 aliphatic heterocycles. The van der Waals surface area contributed by atoms with Gasteiger partial charge in [0.05, 0.1) is 31.9 Å². The van der Waals surface area contributed by atoms with Crippen LogP contribution in [0.4, 0.5) is 0 Å². The molecule has 8 heteroatoms. The molecule has 1 unspecified atom stereocenters. The first-order valence-electron chi connectivity index (χ1n) is 11.5. The molecule has 0 radical (unpaired) electrons. The normalized spacial score (nSPS) is 17.5. The molecular weight excluding hydrogens is 444 g/mol. The van der Waals surface area contributed by atoms with E-state index in [2.05, 4.69) is 15.0 Å². The summed E-state index contributed by atoms with van der Waals surface area (Å²) in [4.78, 5) is 12.5. The van der Waals surface area contributed by atoms with Gasteiger partial charge >= 0.3 is 0 Å². The molecule has 0 N–H and O–H groups in total. The molecule has 0 spiro atoms. The van der Waals surface area contributed by atoms with Crippen LogP contribution in [0.2, 0.25) is 0 Å². The second-order valence-electron chi connectivity index (χ2n) is 8.44. The van der Waals surface area contributed by atoms with E-state index in [4.69, 9.17) is 19.0 Å². The lowest BCUT2D eigenvalue weighted by atomic mass is 10.0. The third-order valence-electron chi connectivity index (χ3n) is 6.08. The van der Waals surface area contributed by atoms with Gasteiger partial charge < -0.3 is 28.5 Å². The number of methoxy groups -OCH3 is 3. The minimum Gasteiger partial charge on any atom is -0.497 e. The van der Waals surface area contributed by atoms with Crippen molar-refractivity contribution in [1.29, 1.82) is 0 Å². The zero-order chi connectivity index (χ0) is 24.8. The van der Waals surface area contributed by atoms with Crippen LogP contribution in [0.1, 0.15) is 30.2 Å². The average molecular weight is 477 g/mol. The number of nitrogens with zero attached hydrogens (tertiary/aromatic N) is 4. The van der Waals surface area contributed by atoms with Gasteiger partial charge in [-0.25, -0.2) is 4.98 Å². The number of oxime groups is 1. The zero-order valence-electron chi connectivity index (χ0n) is 20.9. The molecular formula is C27H32N4O4. The van der Waals surface area contributed by atoms with Gasteiger partial charge in [0.2, 0.25) is 5.72 Å². The van der Waals surface area contributed by atoms with Crippen LogP contribution in [-0.2, 0) is 15.3 Å². The topological polar surface area (TPSA) is 70.3 Å². The van der Waals surface area contributed by atoms with Crippen molar-refractivity contribution >= 4 is 11.9 Å². The third-order valence-corrected chi connectivity index (χ3v) is 6.08. The maximum atomic E-state index is 6.01. The van der Waals surface area contributed by atoms with E-state index in [-0.39, 0.29) is 0 Å². The summed E-state index contributed by atoms with van der Waals surface area (Å²) in [6.45, 7) is 5.36. The standard InChI is InChI=1S/C27H32N4O4/c1-20-18-30(19-28-20)24-13-7-21(17-25(24)34-5)8-14-26-29-35-27(2,31(26)15-6-16-32-3)22-9-11-23(33-4)12-10-22/h7-14,17-19H,6,15-16H2,1-5H3. The number of ether oxygens (including phenoxy) is 3. The Bertz CT molecular complexity index is 1200. The van der Waals surface area contributed by atoms with E-state index < -0.39 is 5.72 Å². The zero-order valence-corrected chi connectivity index (χ0v) is 20.9. The second kappa shape index (κ2) is 10.7. The number of amidine groups is 1. The molecule has 1 aliphatic rings. The summed E-state index contributed by atoms with van der Waals surface area (Å²) in [6.07, 6.45) is 8.57. The summed E-state index contributed by atoms with van der Waals surface area (Å²) in [5.41, 5.74) is 3.12. The molecule has 3 aromatic rings. The summed E-state index contributed by atoms with van der Waals surface area (Å²) in [5.74, 6) is 2.30. The molecule has 1 atom stereocenters. The third kappa shape index (κ3) is 5.17. The van der Waals surface area contributed by atoms with Crippen molar-refractivity contribution in [3.8, 4) is 17.2 Å². The van der Waals surface area contributed by atoms with E-state index in [1.165, 1.54) is 0 Å². The van der Waals surface area contributed by atoms with E-state index >= 15 is 0 Å². The summed E-state index contributed by atoms with van der Waals surface area (Å²) in [6, 6.07) is 13.9. The smallest absolute Gasteiger partial charge is 0.234 e. The Morgan fingerprint density at radius 3 is 2.49 bits per heavy atom. The average Bonchev–Trinajstić information content (AvgIpc) is 3.46. The Hall–Kier alpha value is -3.78. The predicted molar refractivity (Wildman–Crippen MR) is 136 cm³/mol. The number of benzene rings is 2. The second-order valence-corrected chi connectivity index (χ2v) is 8.44. The van der Waals surface area contributed by atoms with E-state index in [0.29, 0.717) is 6.61 Å². The van der Waals surface area contributed by atoms with Gasteiger partial charge in [-0.1, -0.05) is 17.3 Å². The molecule has 0 amide bonds. The van der Waals surface area contributed by atoms with Crippen molar-refractivity contribution in [1.82, 2.24) is 14.5 Å². The molecule has 2 heterocycles. The Balaban J connectivity index is 1.58. The minimum atomic E-state index is -0.736. The lowest BCUT2D eigenvalue weighted by Crippen LogP contribution is -2.44. The number of hydrogen-bond acceptors (Lipinski definition) is 7. The number of aromatic nitrogens is 2. The van der Waals surface area contributed by atoms with Crippen molar-refractivity contribution in [2.75, 3.05) is 34.5 Å². The molecule has 35 heavy (non-hydrogen) atoms. The lowest BCUT2D eigenvalue weighted by molar-refractivity contribution is -0.0914. The van der Waals surface area contributed by atoms with Gasteiger partial charge in [0.25, 0.3) is 0 Å². The fraction of sp³-hybridized carbons (Fsp3) is 0.333. The van der Waals surface area contributed by atoms with Crippen LogP contribution >= 0.6 is 0 Å². The van der Waals surface area contributed by atoms with Crippen LogP contribution in [0.5, 0.6) is 11.5 Å². The van der Waals surface area contributed by atoms with Crippen molar-refractivity contribution < 1.29 is 19.0 Å². The van der Waals surface area contributed by atoms with Crippen LogP contribution in [0.15, 0.2) is 66.2 Å². The quantitative estimate of drug-likeness (QED) is 0.393. The SMILES string of the molecule is COCCCN1C(C=Cc2ccc(-n3cnc(C)c3)c(OC)c2)=NOC1(C)c1ccc(OC)cc1. The van der Waals surface area contributed by atoms with E-state index in [1.54, 1.807) is 27.7 Å². The lowest BCUT2D eigenvalue weighted by Gasteiger charge is -2.34. The molecule has 184 valence electrons. The van der Waals surface area contributed by atoms with Gasteiger partial charge in [-0.15, -0.1) is 0 Å². The number of aryl methyl sites for hydroxylation is 1. The molecule has 1 aromatic heterocycles. The maximum absolute atomic E-state index is 6.01. The monoisotopic (exact) mass is 476 g/mol. The predicted octanol–water partition coefficient (Wildman–Crippen LogP) is 4.77. The fourth-order valence-corrected chi connectivity index (χ4v) is 4.11. The summed E-state index contributed by atoms with van der Waals surface area (Å²) in [5, 5.41) is 4.43. The van der Waals surface area contributed by atoms with Crippen molar-refractivity contribution in [2.24, 2.45) is 5.16 Å². The summed E-state index contributed by atoms with van der Waals surface area (Å²) in [7, 11) is 5.03. The van der Waals surface area contributed by atoms with Crippen LogP contribution in [0.3, 0.4) is 0 Å². The Labute approximate surface area is 206 Å². The number of hydrogen-bond donors (Lipinski definition) is 0. The highest BCUT2D eigenvalue weighted by molar-refractivity contribution is 5.97. The van der Waals surface area contributed by atoms with E-state index in [1.807, 2.05) is 79.2 Å². The molecule has 0 bridgehead atoms. The Morgan fingerprint density at radius 2 is 1.83 bits per heavy atom. The summed E-state index contributed by atoms with van der Waals surface area (Å²) >= 11 is 0. The summed E-state index contributed by atoms with van der Waals surface area (Å²) < 4.78 is 18.2. The van der Waals surface area contributed by atoms with Crippen LogP contribution < -0.4 is 9.47 Å². The Morgan fingerprint density at radius 1 is 1.03 bits per heavy atom. The van der Waals surface area contributed by atoms with Crippen LogP contribution in [0, 0.1) is 6.92 Å². The fourth-order valence-electron chi connectivity index (χ4n) is 4.11. The highest BCUT2D eigenvalue weighted by Gasteiger charge is 2.42. The van der Waals surface area contributed by atoms with Gasteiger partial charge in [0.1, 0.15) is 11.5 Å². The maximum Gasteiger partial charge on any atom is 0.234 e.